The lowest BCUT2D eigenvalue weighted by molar-refractivity contribution is -0.141. The molecule has 5 rings (SSSR count). The van der Waals surface area contributed by atoms with Crippen LogP contribution >= 0.6 is 11.6 Å². The quantitative estimate of drug-likeness (QED) is 0.198. The molecule has 0 radical (unpaired) electrons. The third-order valence-corrected chi connectivity index (χ3v) is 6.84. The van der Waals surface area contributed by atoms with Crippen LogP contribution in [0, 0.1) is 6.92 Å². The number of benzene rings is 1. The van der Waals surface area contributed by atoms with E-state index in [1.807, 2.05) is 6.07 Å². The van der Waals surface area contributed by atoms with Crippen molar-refractivity contribution in [3.63, 3.8) is 0 Å². The van der Waals surface area contributed by atoms with E-state index in [0.29, 0.717) is 44.0 Å². The lowest BCUT2D eigenvalue weighted by atomic mass is 10.1. The van der Waals surface area contributed by atoms with Gasteiger partial charge in [-0.25, -0.2) is 15.0 Å². The number of nitrogens with zero attached hydrogens (tertiary/aromatic N) is 5. The Morgan fingerprint density at radius 2 is 1.74 bits per heavy atom. The van der Waals surface area contributed by atoms with Crippen molar-refractivity contribution in [3.8, 4) is 17.1 Å². The van der Waals surface area contributed by atoms with Crippen molar-refractivity contribution >= 4 is 22.5 Å². The molecule has 0 saturated heterocycles. The summed E-state index contributed by atoms with van der Waals surface area (Å²) in [6.07, 6.45) is -7.21. The van der Waals surface area contributed by atoms with Crippen LogP contribution in [0.3, 0.4) is 0 Å². The minimum absolute atomic E-state index is 0.132. The molecule has 0 amide bonds. The number of hydrogen-bond acceptors (Lipinski definition) is 5. The van der Waals surface area contributed by atoms with Crippen molar-refractivity contribution < 1.29 is 31.1 Å². The summed E-state index contributed by atoms with van der Waals surface area (Å²) < 4.78 is 88.6. The summed E-state index contributed by atoms with van der Waals surface area (Å²) in [4.78, 5) is 25.1. The van der Waals surface area contributed by atoms with Crippen LogP contribution in [0.2, 0.25) is 5.15 Å². The van der Waals surface area contributed by atoms with Crippen molar-refractivity contribution in [2.75, 3.05) is 0 Å². The van der Waals surface area contributed by atoms with Crippen LogP contribution in [0.25, 0.3) is 22.3 Å². The number of hydrogen-bond donors (Lipinski definition) is 0. The van der Waals surface area contributed by atoms with E-state index in [1.54, 1.807) is 36.7 Å². The maximum atomic E-state index is 13.5. The first-order valence-corrected chi connectivity index (χ1v) is 12.6. The molecule has 1 aromatic carbocycles. The highest BCUT2D eigenvalue weighted by molar-refractivity contribution is 6.29. The highest BCUT2D eigenvalue weighted by atomic mass is 35.5. The van der Waals surface area contributed by atoms with Gasteiger partial charge in [-0.15, -0.1) is 0 Å². The fourth-order valence-electron chi connectivity index (χ4n) is 4.44. The molecular formula is C28H20ClF6N5O2. The molecule has 0 unspecified atom stereocenters. The van der Waals surface area contributed by atoms with E-state index in [0.717, 1.165) is 30.0 Å². The highest BCUT2D eigenvalue weighted by Gasteiger charge is 2.35. The van der Waals surface area contributed by atoms with Crippen molar-refractivity contribution in [2.45, 2.75) is 32.4 Å². The molecule has 0 fully saturated rings. The zero-order valence-corrected chi connectivity index (χ0v) is 22.6. The summed E-state index contributed by atoms with van der Waals surface area (Å²) in [5.74, 6) is 0.869. The molecule has 218 valence electrons. The van der Waals surface area contributed by atoms with Crippen LogP contribution in [-0.4, -0.2) is 24.1 Å². The smallest absolute Gasteiger partial charge is 0.433 e. The number of rotatable bonds is 6. The van der Waals surface area contributed by atoms with E-state index >= 15 is 0 Å². The van der Waals surface area contributed by atoms with E-state index in [9.17, 15) is 31.1 Å². The second-order valence-corrected chi connectivity index (χ2v) is 9.76. The van der Waals surface area contributed by atoms with E-state index in [4.69, 9.17) is 16.3 Å². The van der Waals surface area contributed by atoms with Gasteiger partial charge in [0, 0.05) is 35.5 Å². The second kappa shape index (κ2) is 10.8. The van der Waals surface area contributed by atoms with Gasteiger partial charge in [0.05, 0.1) is 18.4 Å². The Kier molecular flexibility index (Phi) is 7.48. The standard InChI is InChI=1S/C28H20ClF6N5O2/c1-15-11-18(25-36-12-23(29)39(25)2)17-5-3-7-21(24(17)37-15)42-14-16-8-9-22(28(33,34)35)38-20(16)13-40-10-4-6-19(26(40)41)27(30,31)32/h3-12H,13-14H2,1-2H3. The lowest BCUT2D eigenvalue weighted by Crippen LogP contribution is -2.29. The Labute approximate surface area is 239 Å². The molecule has 0 atom stereocenters. The molecule has 0 spiro atoms. The first-order valence-electron chi connectivity index (χ1n) is 12.3. The first kappa shape index (κ1) is 29.1. The molecule has 7 nitrogen and oxygen atoms in total. The largest absolute Gasteiger partial charge is 0.487 e. The number of ether oxygens (including phenoxy) is 1. The SMILES string of the molecule is Cc1cc(-c2ncc(Cl)n2C)c2cccc(OCc3ccc(C(F)(F)F)nc3Cn3cccc(C(F)(F)F)c3=O)c2n1. The molecule has 0 bridgehead atoms. The van der Waals surface area contributed by atoms with Crippen LogP contribution in [0.15, 0.2) is 65.7 Å². The molecule has 0 N–H and O–H groups in total. The van der Waals surface area contributed by atoms with Gasteiger partial charge in [0.25, 0.3) is 5.56 Å². The van der Waals surface area contributed by atoms with Gasteiger partial charge in [-0.1, -0.05) is 29.8 Å². The summed E-state index contributed by atoms with van der Waals surface area (Å²) in [6.45, 7) is 0.809. The van der Waals surface area contributed by atoms with Gasteiger partial charge < -0.3 is 13.9 Å². The molecule has 4 aromatic heterocycles. The third kappa shape index (κ3) is 5.69. The lowest BCUT2D eigenvalue weighted by Gasteiger charge is -2.16. The van der Waals surface area contributed by atoms with E-state index in [2.05, 4.69) is 15.0 Å². The Bertz CT molecular complexity index is 1860. The summed E-state index contributed by atoms with van der Waals surface area (Å²) >= 11 is 6.18. The Morgan fingerprint density at radius 1 is 0.976 bits per heavy atom. The Morgan fingerprint density at radius 3 is 2.40 bits per heavy atom. The molecule has 42 heavy (non-hydrogen) atoms. The molecule has 4 heterocycles. The van der Waals surface area contributed by atoms with Gasteiger partial charge in [0.2, 0.25) is 0 Å². The number of para-hydroxylation sites is 1. The van der Waals surface area contributed by atoms with Crippen molar-refractivity contribution in [2.24, 2.45) is 7.05 Å². The summed E-state index contributed by atoms with van der Waals surface area (Å²) in [5.41, 5.74) is -2.47. The normalized spacial score (nSPS) is 12.2. The zero-order chi connectivity index (χ0) is 30.4. The number of pyridine rings is 3. The minimum Gasteiger partial charge on any atom is -0.487 e. The predicted octanol–water partition coefficient (Wildman–Crippen LogP) is 6.82. The third-order valence-electron chi connectivity index (χ3n) is 6.49. The summed E-state index contributed by atoms with van der Waals surface area (Å²) in [5, 5.41) is 1.09. The van der Waals surface area contributed by atoms with Crippen LogP contribution in [-0.2, 0) is 32.6 Å². The number of fused-ring (bicyclic) bond motifs is 1. The number of imidazole rings is 1. The molecule has 0 aliphatic rings. The van der Waals surface area contributed by atoms with Gasteiger partial charge in [-0.05, 0) is 37.3 Å². The zero-order valence-electron chi connectivity index (χ0n) is 21.9. The fraction of sp³-hybridized carbons (Fsp3) is 0.214. The fourth-order valence-corrected chi connectivity index (χ4v) is 4.57. The van der Waals surface area contributed by atoms with Crippen molar-refractivity contribution in [1.29, 1.82) is 0 Å². The number of aryl methyl sites for hydroxylation is 1. The number of halogens is 7. The maximum Gasteiger partial charge on any atom is 0.433 e. The van der Waals surface area contributed by atoms with Crippen LogP contribution < -0.4 is 10.3 Å². The van der Waals surface area contributed by atoms with Crippen LogP contribution in [0.4, 0.5) is 26.3 Å². The van der Waals surface area contributed by atoms with Crippen LogP contribution in [0.5, 0.6) is 5.75 Å². The van der Waals surface area contributed by atoms with Crippen LogP contribution in [0.1, 0.15) is 28.2 Å². The van der Waals surface area contributed by atoms with Crippen molar-refractivity contribution in [1.82, 2.24) is 24.1 Å². The van der Waals surface area contributed by atoms with Gasteiger partial charge in [-0.2, -0.15) is 26.3 Å². The van der Waals surface area contributed by atoms with E-state index in [-0.39, 0.29) is 17.9 Å². The Hall–Kier alpha value is -4.39. The molecule has 0 aliphatic carbocycles. The monoisotopic (exact) mass is 607 g/mol. The highest BCUT2D eigenvalue weighted by Crippen LogP contribution is 2.34. The molecule has 14 heteroatoms. The summed E-state index contributed by atoms with van der Waals surface area (Å²) in [6, 6.07) is 10.4. The summed E-state index contributed by atoms with van der Waals surface area (Å²) in [7, 11) is 1.75. The first-order chi connectivity index (χ1) is 19.7. The molecular weight excluding hydrogens is 588 g/mol. The van der Waals surface area contributed by atoms with Gasteiger partial charge in [0.15, 0.2) is 0 Å². The van der Waals surface area contributed by atoms with Gasteiger partial charge in [0.1, 0.15) is 40.1 Å². The number of aromatic nitrogens is 5. The minimum atomic E-state index is -4.94. The molecule has 5 aromatic rings. The second-order valence-electron chi connectivity index (χ2n) is 9.37. The molecule has 0 saturated carbocycles. The number of alkyl halides is 6. The van der Waals surface area contributed by atoms with E-state index in [1.165, 1.54) is 6.20 Å². The van der Waals surface area contributed by atoms with Gasteiger partial charge >= 0.3 is 12.4 Å². The average Bonchev–Trinajstić information content (AvgIpc) is 3.25. The maximum absolute atomic E-state index is 13.5. The topological polar surface area (TPSA) is 74.8 Å². The van der Waals surface area contributed by atoms with E-state index < -0.39 is 35.7 Å². The predicted molar refractivity (Wildman–Crippen MR) is 142 cm³/mol. The molecule has 0 aliphatic heterocycles. The van der Waals surface area contributed by atoms with Gasteiger partial charge in [-0.3, -0.25) is 4.79 Å². The Balaban J connectivity index is 1.54. The van der Waals surface area contributed by atoms with Crippen molar-refractivity contribution in [3.05, 3.63) is 105 Å². The average molecular weight is 608 g/mol.